The molecule has 0 spiro atoms. The van der Waals surface area contributed by atoms with Gasteiger partial charge in [-0.1, -0.05) is 18.8 Å². The van der Waals surface area contributed by atoms with Crippen LogP contribution in [0, 0.1) is 17.8 Å². The molecule has 1 saturated heterocycles. The Hall–Kier alpha value is -2.12. The largest absolute Gasteiger partial charge is 0.384 e. The van der Waals surface area contributed by atoms with Crippen molar-refractivity contribution in [1.82, 2.24) is 0 Å². The number of hydrogen-bond donors (Lipinski definition) is 1. The average Bonchev–Trinajstić information content (AvgIpc) is 2.62. The fourth-order valence-corrected chi connectivity index (χ4v) is 1.89. The minimum atomic E-state index is -0.244. The maximum Gasteiger partial charge on any atom is 0.237 e. The van der Waals surface area contributed by atoms with Crippen molar-refractivity contribution in [3.05, 3.63) is 29.8 Å². The highest BCUT2D eigenvalue weighted by molar-refractivity contribution is 6.20. The number of carbonyl (C=O) groups excluding carboxylic acids is 2. The summed E-state index contributed by atoms with van der Waals surface area (Å²) in [5.41, 5.74) is 1.31. The van der Waals surface area contributed by atoms with Gasteiger partial charge >= 0.3 is 0 Å². The van der Waals surface area contributed by atoms with Gasteiger partial charge in [0.15, 0.2) is 0 Å². The van der Waals surface area contributed by atoms with E-state index in [0.29, 0.717) is 5.69 Å². The van der Waals surface area contributed by atoms with Crippen LogP contribution in [0.3, 0.4) is 0 Å². The van der Waals surface area contributed by atoms with Gasteiger partial charge in [0.1, 0.15) is 6.61 Å². The van der Waals surface area contributed by atoms with Crippen molar-refractivity contribution in [3.8, 4) is 11.8 Å². The molecule has 4 nitrogen and oxygen atoms in total. The van der Waals surface area contributed by atoms with E-state index in [1.165, 1.54) is 4.90 Å². The first-order chi connectivity index (χ1) is 8.63. The van der Waals surface area contributed by atoms with Gasteiger partial charge in [-0.3, -0.25) is 14.5 Å². The predicted molar refractivity (Wildman–Crippen MR) is 66.7 cm³/mol. The summed E-state index contributed by atoms with van der Waals surface area (Å²) in [4.78, 5) is 24.7. The highest BCUT2D eigenvalue weighted by atomic mass is 16.2. The van der Waals surface area contributed by atoms with E-state index in [4.69, 9.17) is 5.11 Å². The van der Waals surface area contributed by atoms with Gasteiger partial charge < -0.3 is 5.11 Å². The first-order valence-electron chi connectivity index (χ1n) is 5.70. The number of anilines is 1. The van der Waals surface area contributed by atoms with E-state index in [0.717, 1.165) is 5.56 Å². The minimum Gasteiger partial charge on any atom is -0.384 e. The highest BCUT2D eigenvalue weighted by Crippen LogP contribution is 2.26. The molecule has 4 heteroatoms. The van der Waals surface area contributed by atoms with Crippen LogP contribution in [0.2, 0.25) is 0 Å². The molecule has 2 amide bonds. The third-order valence-electron chi connectivity index (χ3n) is 2.81. The number of rotatable bonds is 1. The van der Waals surface area contributed by atoms with Crippen LogP contribution in [0.5, 0.6) is 0 Å². The third kappa shape index (κ3) is 2.27. The zero-order valence-electron chi connectivity index (χ0n) is 10.0. The fourth-order valence-electron chi connectivity index (χ4n) is 1.89. The zero-order valence-corrected chi connectivity index (χ0v) is 10.0. The number of carbonyl (C=O) groups is 2. The lowest BCUT2D eigenvalue weighted by atomic mass is 10.1. The summed E-state index contributed by atoms with van der Waals surface area (Å²) >= 11 is 0. The first kappa shape index (κ1) is 12.3. The maximum absolute atomic E-state index is 11.8. The molecular formula is C14H13NO3. The molecule has 2 rings (SSSR count). The van der Waals surface area contributed by atoms with Crippen molar-refractivity contribution in [1.29, 1.82) is 0 Å². The summed E-state index contributed by atoms with van der Waals surface area (Å²) < 4.78 is 0. The van der Waals surface area contributed by atoms with Gasteiger partial charge in [0, 0.05) is 17.9 Å². The molecule has 1 atom stereocenters. The third-order valence-corrected chi connectivity index (χ3v) is 2.81. The summed E-state index contributed by atoms with van der Waals surface area (Å²) in [6.45, 7) is 1.56. The average molecular weight is 243 g/mol. The zero-order chi connectivity index (χ0) is 13.1. The number of amides is 2. The molecule has 0 bridgehead atoms. The molecule has 1 unspecified atom stereocenters. The van der Waals surface area contributed by atoms with Gasteiger partial charge in [-0.25, -0.2) is 0 Å². The molecule has 1 aliphatic rings. The van der Waals surface area contributed by atoms with Gasteiger partial charge in [-0.15, -0.1) is 0 Å². The number of aliphatic hydroxyl groups excluding tert-OH is 1. The Morgan fingerprint density at radius 2 is 2.00 bits per heavy atom. The molecule has 1 N–H and O–H groups in total. The molecule has 1 heterocycles. The molecule has 1 fully saturated rings. The molecule has 1 aliphatic heterocycles. The lowest BCUT2D eigenvalue weighted by molar-refractivity contribution is -0.122. The lowest BCUT2D eigenvalue weighted by Gasteiger charge is -2.14. The molecule has 1 aromatic carbocycles. The van der Waals surface area contributed by atoms with Crippen molar-refractivity contribution in [2.24, 2.45) is 5.92 Å². The smallest absolute Gasteiger partial charge is 0.237 e. The van der Waals surface area contributed by atoms with Crippen LogP contribution in [0.1, 0.15) is 18.9 Å². The summed E-state index contributed by atoms with van der Waals surface area (Å²) in [5, 5.41) is 8.58. The van der Waals surface area contributed by atoms with Gasteiger partial charge in [-0.05, 0) is 24.3 Å². The Labute approximate surface area is 105 Å². The first-order valence-corrected chi connectivity index (χ1v) is 5.70. The van der Waals surface area contributed by atoms with E-state index in [2.05, 4.69) is 11.8 Å². The summed E-state index contributed by atoms with van der Waals surface area (Å²) in [6, 6.07) is 6.83. The Morgan fingerprint density at radius 1 is 1.33 bits per heavy atom. The molecule has 0 saturated carbocycles. The number of hydrogen-bond acceptors (Lipinski definition) is 3. The second-order valence-electron chi connectivity index (χ2n) is 4.18. The van der Waals surface area contributed by atoms with Crippen LogP contribution in [-0.2, 0) is 9.59 Å². The van der Waals surface area contributed by atoms with Gasteiger partial charge in [0.25, 0.3) is 0 Å². The summed E-state index contributed by atoms with van der Waals surface area (Å²) in [6.07, 6.45) is 0.269. The van der Waals surface area contributed by atoms with Gasteiger partial charge in [0.05, 0.1) is 5.69 Å². The molecular weight excluding hydrogens is 230 g/mol. The summed E-state index contributed by atoms with van der Waals surface area (Å²) in [7, 11) is 0. The quantitative estimate of drug-likeness (QED) is 0.589. The van der Waals surface area contributed by atoms with Crippen molar-refractivity contribution in [2.75, 3.05) is 11.5 Å². The van der Waals surface area contributed by atoms with E-state index in [-0.39, 0.29) is 30.8 Å². The topological polar surface area (TPSA) is 57.6 Å². The SMILES string of the molecule is CC1CC(=O)N(c2ccc(C#CCO)cc2)C1=O. The van der Waals surface area contributed by atoms with Crippen LogP contribution in [0.25, 0.3) is 0 Å². The van der Waals surface area contributed by atoms with Crippen molar-refractivity contribution in [2.45, 2.75) is 13.3 Å². The number of nitrogens with zero attached hydrogens (tertiary/aromatic N) is 1. The second kappa shape index (κ2) is 5.03. The van der Waals surface area contributed by atoms with Gasteiger partial charge in [-0.2, -0.15) is 0 Å². The van der Waals surface area contributed by atoms with E-state index in [1.807, 2.05) is 0 Å². The highest BCUT2D eigenvalue weighted by Gasteiger charge is 2.36. The molecule has 1 aromatic rings. The maximum atomic E-state index is 11.8. The second-order valence-corrected chi connectivity index (χ2v) is 4.18. The van der Waals surface area contributed by atoms with Crippen LogP contribution in [0.4, 0.5) is 5.69 Å². The fraction of sp³-hybridized carbons (Fsp3) is 0.286. The van der Waals surface area contributed by atoms with Crippen molar-refractivity contribution < 1.29 is 14.7 Å². The number of benzene rings is 1. The lowest BCUT2D eigenvalue weighted by Crippen LogP contribution is -2.29. The van der Waals surface area contributed by atoms with Crippen molar-refractivity contribution >= 4 is 17.5 Å². The Bertz CT molecular complexity index is 536. The van der Waals surface area contributed by atoms with E-state index >= 15 is 0 Å². The number of aliphatic hydroxyl groups is 1. The summed E-state index contributed by atoms with van der Waals surface area (Å²) in [5.74, 6) is 4.72. The van der Waals surface area contributed by atoms with Crippen LogP contribution < -0.4 is 4.90 Å². The van der Waals surface area contributed by atoms with E-state index < -0.39 is 0 Å². The predicted octanol–water partition coefficient (Wildman–Crippen LogP) is 0.930. The van der Waals surface area contributed by atoms with Gasteiger partial charge in [0.2, 0.25) is 11.8 Å². The minimum absolute atomic E-state index is 0.158. The monoisotopic (exact) mass is 243 g/mol. The van der Waals surface area contributed by atoms with Crippen molar-refractivity contribution in [3.63, 3.8) is 0 Å². The normalized spacial score (nSPS) is 18.8. The van der Waals surface area contributed by atoms with Crippen LogP contribution in [0.15, 0.2) is 24.3 Å². The Balaban J connectivity index is 2.25. The van der Waals surface area contributed by atoms with E-state index in [9.17, 15) is 9.59 Å². The standard InChI is InChI=1S/C14H13NO3/c1-10-9-13(17)15(14(10)18)12-6-4-11(5-7-12)3-2-8-16/h4-7,10,16H,8-9H2,1H3. The number of imide groups is 1. The molecule has 18 heavy (non-hydrogen) atoms. The molecule has 0 aliphatic carbocycles. The molecule has 0 radical (unpaired) electrons. The molecule has 92 valence electrons. The Kier molecular flexibility index (Phi) is 3.45. The van der Waals surface area contributed by atoms with Crippen LogP contribution >= 0.6 is 0 Å². The van der Waals surface area contributed by atoms with Crippen LogP contribution in [-0.4, -0.2) is 23.5 Å². The molecule has 0 aromatic heterocycles. The van der Waals surface area contributed by atoms with E-state index in [1.54, 1.807) is 31.2 Å². The Morgan fingerprint density at radius 3 is 2.50 bits per heavy atom.